The molecule has 1 N–H and O–H groups in total. The van der Waals surface area contributed by atoms with Crippen LogP contribution in [-0.4, -0.2) is 16.5 Å². The van der Waals surface area contributed by atoms with Crippen molar-refractivity contribution in [3.05, 3.63) is 47.7 Å². The third-order valence-electron chi connectivity index (χ3n) is 2.88. The third kappa shape index (κ3) is 2.04. The normalized spacial score (nSPS) is 14.1. The predicted octanol–water partition coefficient (Wildman–Crippen LogP) is 2.05. The van der Waals surface area contributed by atoms with E-state index in [9.17, 15) is 4.39 Å². The molecule has 0 spiro atoms. The number of aromatic nitrogens is 2. The molecule has 1 aliphatic rings. The van der Waals surface area contributed by atoms with Crippen LogP contribution in [0.1, 0.15) is 11.3 Å². The Hall–Kier alpha value is -2.01. The second-order valence-electron chi connectivity index (χ2n) is 4.06. The number of benzene rings is 1. The zero-order chi connectivity index (χ0) is 12.4. The third-order valence-corrected chi connectivity index (χ3v) is 2.88. The van der Waals surface area contributed by atoms with Crippen LogP contribution in [0.25, 0.3) is 0 Å². The summed E-state index contributed by atoms with van der Waals surface area (Å²) in [5.41, 5.74) is 1.88. The maximum Gasteiger partial charge on any atom is 0.227 e. The molecule has 0 atom stereocenters. The van der Waals surface area contributed by atoms with Gasteiger partial charge >= 0.3 is 0 Å². The van der Waals surface area contributed by atoms with Gasteiger partial charge in [-0.15, -0.1) is 0 Å². The molecule has 0 saturated heterocycles. The van der Waals surface area contributed by atoms with Gasteiger partial charge in [-0.1, -0.05) is 12.1 Å². The highest BCUT2D eigenvalue weighted by Crippen LogP contribution is 2.27. The maximum absolute atomic E-state index is 13.5. The Morgan fingerprint density at radius 3 is 3.00 bits per heavy atom. The molecule has 18 heavy (non-hydrogen) atoms. The summed E-state index contributed by atoms with van der Waals surface area (Å²) >= 11 is 0. The van der Waals surface area contributed by atoms with Gasteiger partial charge in [-0.25, -0.2) is 14.4 Å². The van der Waals surface area contributed by atoms with Crippen molar-refractivity contribution in [2.75, 3.05) is 6.54 Å². The van der Waals surface area contributed by atoms with Crippen LogP contribution in [0.15, 0.2) is 30.6 Å². The lowest BCUT2D eigenvalue weighted by Crippen LogP contribution is -2.25. The molecule has 1 aliphatic heterocycles. The molecule has 0 saturated carbocycles. The molecular formula is C13H12FN3O. The van der Waals surface area contributed by atoms with E-state index in [-0.39, 0.29) is 5.75 Å². The summed E-state index contributed by atoms with van der Waals surface area (Å²) in [6, 6.07) is 6.30. The van der Waals surface area contributed by atoms with E-state index in [0.29, 0.717) is 12.4 Å². The number of rotatable bonds is 2. The molecule has 0 unspecified atom stereocenters. The molecule has 92 valence electrons. The number of para-hydroxylation sites is 1. The van der Waals surface area contributed by atoms with Gasteiger partial charge in [-0.2, -0.15) is 0 Å². The Balaban J connectivity index is 1.96. The number of fused-ring (bicyclic) bond motifs is 1. The molecule has 0 amide bonds. The first-order valence-electron chi connectivity index (χ1n) is 5.80. The summed E-state index contributed by atoms with van der Waals surface area (Å²) in [6.07, 6.45) is 2.30. The Bertz CT molecular complexity index is 574. The Morgan fingerprint density at radius 1 is 1.22 bits per heavy atom. The number of hydrogen-bond donors (Lipinski definition) is 1. The van der Waals surface area contributed by atoms with Crippen LogP contribution in [0.5, 0.6) is 11.6 Å². The molecular weight excluding hydrogens is 233 g/mol. The molecule has 2 aromatic rings. The van der Waals surface area contributed by atoms with Crippen molar-refractivity contribution >= 4 is 0 Å². The predicted molar refractivity (Wildman–Crippen MR) is 63.9 cm³/mol. The molecule has 3 rings (SSSR count). The highest BCUT2D eigenvalue weighted by molar-refractivity contribution is 5.36. The SMILES string of the molecule is Fc1ccccc1Oc1ncnc2c1CNCC2. The lowest BCUT2D eigenvalue weighted by Gasteiger charge is -2.18. The van der Waals surface area contributed by atoms with Gasteiger partial charge in [0.15, 0.2) is 11.6 Å². The van der Waals surface area contributed by atoms with Crippen molar-refractivity contribution in [1.29, 1.82) is 0 Å². The Morgan fingerprint density at radius 2 is 2.11 bits per heavy atom. The number of nitrogens with zero attached hydrogens (tertiary/aromatic N) is 2. The van der Waals surface area contributed by atoms with Crippen LogP contribution in [0, 0.1) is 5.82 Å². The molecule has 0 fully saturated rings. The topological polar surface area (TPSA) is 47.0 Å². The fourth-order valence-corrected chi connectivity index (χ4v) is 1.96. The van der Waals surface area contributed by atoms with Gasteiger partial charge in [0.2, 0.25) is 5.88 Å². The Labute approximate surface area is 104 Å². The maximum atomic E-state index is 13.5. The number of halogens is 1. The van der Waals surface area contributed by atoms with E-state index in [1.165, 1.54) is 12.4 Å². The Kier molecular flexibility index (Phi) is 2.90. The largest absolute Gasteiger partial charge is 0.435 e. The van der Waals surface area contributed by atoms with E-state index < -0.39 is 5.82 Å². The van der Waals surface area contributed by atoms with Crippen LogP contribution >= 0.6 is 0 Å². The summed E-state index contributed by atoms with van der Waals surface area (Å²) in [5, 5.41) is 3.23. The van der Waals surface area contributed by atoms with Gasteiger partial charge in [-0.3, -0.25) is 0 Å². The first-order valence-corrected chi connectivity index (χ1v) is 5.80. The minimum atomic E-state index is -0.395. The van der Waals surface area contributed by atoms with Crippen LogP contribution in [-0.2, 0) is 13.0 Å². The van der Waals surface area contributed by atoms with E-state index >= 15 is 0 Å². The van der Waals surface area contributed by atoms with E-state index in [2.05, 4.69) is 15.3 Å². The van der Waals surface area contributed by atoms with Crippen LogP contribution in [0.2, 0.25) is 0 Å². The minimum Gasteiger partial charge on any atom is -0.435 e. The number of hydrogen-bond acceptors (Lipinski definition) is 4. The molecule has 1 aromatic heterocycles. The minimum absolute atomic E-state index is 0.184. The highest BCUT2D eigenvalue weighted by atomic mass is 19.1. The van der Waals surface area contributed by atoms with Gasteiger partial charge in [0.25, 0.3) is 0 Å². The average molecular weight is 245 g/mol. The zero-order valence-electron chi connectivity index (χ0n) is 9.69. The van der Waals surface area contributed by atoms with Crippen molar-refractivity contribution in [2.45, 2.75) is 13.0 Å². The molecule has 0 radical (unpaired) electrons. The quantitative estimate of drug-likeness (QED) is 0.879. The van der Waals surface area contributed by atoms with Crippen molar-refractivity contribution in [1.82, 2.24) is 15.3 Å². The molecule has 0 aliphatic carbocycles. The summed E-state index contributed by atoms with van der Waals surface area (Å²) in [5.74, 6) is 0.218. The van der Waals surface area contributed by atoms with E-state index in [1.807, 2.05) is 0 Å². The zero-order valence-corrected chi connectivity index (χ0v) is 9.69. The monoisotopic (exact) mass is 245 g/mol. The first kappa shape index (κ1) is 11.1. The molecule has 2 heterocycles. The molecule has 5 heteroatoms. The summed E-state index contributed by atoms with van der Waals surface area (Å²) in [7, 11) is 0. The molecule has 0 bridgehead atoms. The lowest BCUT2D eigenvalue weighted by atomic mass is 10.1. The summed E-state index contributed by atoms with van der Waals surface area (Å²) < 4.78 is 19.1. The highest BCUT2D eigenvalue weighted by Gasteiger charge is 2.17. The van der Waals surface area contributed by atoms with E-state index in [1.54, 1.807) is 18.2 Å². The fraction of sp³-hybridized carbons (Fsp3) is 0.231. The average Bonchev–Trinajstić information content (AvgIpc) is 2.42. The van der Waals surface area contributed by atoms with Crippen LogP contribution in [0.3, 0.4) is 0 Å². The summed E-state index contributed by atoms with van der Waals surface area (Å²) in [6.45, 7) is 1.54. The van der Waals surface area contributed by atoms with Gasteiger partial charge in [0.05, 0.1) is 11.3 Å². The van der Waals surface area contributed by atoms with Crippen molar-refractivity contribution < 1.29 is 9.13 Å². The fourth-order valence-electron chi connectivity index (χ4n) is 1.96. The molecule has 1 aromatic carbocycles. The van der Waals surface area contributed by atoms with Gasteiger partial charge < -0.3 is 10.1 Å². The van der Waals surface area contributed by atoms with E-state index in [0.717, 1.165) is 24.2 Å². The van der Waals surface area contributed by atoms with Crippen LogP contribution in [0.4, 0.5) is 4.39 Å². The first-order chi connectivity index (χ1) is 8.84. The number of nitrogens with one attached hydrogen (secondary N) is 1. The second kappa shape index (κ2) is 4.70. The summed E-state index contributed by atoms with van der Waals surface area (Å²) in [4.78, 5) is 8.31. The van der Waals surface area contributed by atoms with Crippen molar-refractivity contribution in [3.63, 3.8) is 0 Å². The second-order valence-corrected chi connectivity index (χ2v) is 4.06. The lowest BCUT2D eigenvalue weighted by molar-refractivity contribution is 0.414. The smallest absolute Gasteiger partial charge is 0.227 e. The van der Waals surface area contributed by atoms with Crippen LogP contribution < -0.4 is 10.1 Å². The van der Waals surface area contributed by atoms with Gasteiger partial charge in [0.1, 0.15) is 6.33 Å². The standard InChI is InChI=1S/C13H12FN3O/c14-10-3-1-2-4-12(10)18-13-9-7-15-6-5-11(9)16-8-17-13/h1-4,8,15H,5-7H2. The van der Waals surface area contributed by atoms with Gasteiger partial charge in [0, 0.05) is 19.5 Å². The number of ether oxygens (including phenoxy) is 1. The van der Waals surface area contributed by atoms with Crippen molar-refractivity contribution in [3.8, 4) is 11.6 Å². The van der Waals surface area contributed by atoms with Crippen molar-refractivity contribution in [2.24, 2.45) is 0 Å². The van der Waals surface area contributed by atoms with Gasteiger partial charge in [-0.05, 0) is 12.1 Å². The molecule has 4 nitrogen and oxygen atoms in total. The van der Waals surface area contributed by atoms with E-state index in [4.69, 9.17) is 4.74 Å².